The van der Waals surface area contributed by atoms with E-state index >= 15 is 0 Å². The minimum Gasteiger partial charge on any atom is -0.342 e. The third-order valence-corrected chi connectivity index (χ3v) is 4.23. The maximum atomic E-state index is 12.6. The lowest BCUT2D eigenvalue weighted by molar-refractivity contribution is -0.153. The van der Waals surface area contributed by atoms with Crippen molar-refractivity contribution in [3.8, 4) is 0 Å². The maximum Gasteiger partial charge on any atom is 0.246 e. The van der Waals surface area contributed by atoms with Crippen molar-refractivity contribution < 1.29 is 9.59 Å². The molecule has 1 saturated carbocycles. The van der Waals surface area contributed by atoms with Crippen LogP contribution >= 0.6 is 0 Å². The Labute approximate surface area is 109 Å². The molecule has 0 aromatic heterocycles. The highest BCUT2D eigenvalue weighted by Gasteiger charge is 2.44. The van der Waals surface area contributed by atoms with Gasteiger partial charge in [-0.1, -0.05) is 33.6 Å². The van der Waals surface area contributed by atoms with Crippen LogP contribution in [-0.4, -0.2) is 34.8 Å². The van der Waals surface area contributed by atoms with E-state index in [2.05, 4.69) is 5.32 Å². The normalized spacial score (nSPS) is 30.1. The molecule has 0 bridgehead atoms. The fourth-order valence-electron chi connectivity index (χ4n) is 3.20. The first kappa shape index (κ1) is 13.4. The molecule has 18 heavy (non-hydrogen) atoms. The van der Waals surface area contributed by atoms with Crippen molar-refractivity contribution in [2.75, 3.05) is 0 Å². The van der Waals surface area contributed by atoms with E-state index < -0.39 is 0 Å². The molecule has 2 aliphatic rings. The van der Waals surface area contributed by atoms with E-state index in [4.69, 9.17) is 0 Å². The number of nitrogens with zero attached hydrogens (tertiary/aromatic N) is 1. The van der Waals surface area contributed by atoms with Gasteiger partial charge in [0.25, 0.3) is 0 Å². The lowest BCUT2D eigenvalue weighted by Gasteiger charge is -2.43. The summed E-state index contributed by atoms with van der Waals surface area (Å²) in [6.07, 6.45) is 5.18. The van der Waals surface area contributed by atoms with E-state index in [9.17, 15) is 9.59 Å². The maximum absolute atomic E-state index is 12.6. The molecule has 1 heterocycles. The van der Waals surface area contributed by atoms with E-state index in [1.165, 1.54) is 12.8 Å². The van der Waals surface area contributed by atoms with Crippen LogP contribution in [0, 0.1) is 5.92 Å². The summed E-state index contributed by atoms with van der Waals surface area (Å²) < 4.78 is 0. The van der Waals surface area contributed by atoms with E-state index in [1.54, 1.807) is 0 Å². The Kier molecular flexibility index (Phi) is 3.93. The van der Waals surface area contributed by atoms with Crippen molar-refractivity contribution in [2.24, 2.45) is 5.92 Å². The van der Waals surface area contributed by atoms with Gasteiger partial charge in [-0.15, -0.1) is 0 Å². The molecule has 1 aliphatic heterocycles. The smallest absolute Gasteiger partial charge is 0.246 e. The van der Waals surface area contributed by atoms with Gasteiger partial charge in [-0.25, -0.2) is 0 Å². The Morgan fingerprint density at radius 2 is 1.89 bits per heavy atom. The first-order chi connectivity index (χ1) is 8.56. The average Bonchev–Trinajstić information content (AvgIpc) is 2.84. The number of hydrogen-bond donors (Lipinski definition) is 1. The topological polar surface area (TPSA) is 49.4 Å². The monoisotopic (exact) mass is 252 g/mol. The molecule has 1 saturated heterocycles. The van der Waals surface area contributed by atoms with Gasteiger partial charge in [0.2, 0.25) is 11.8 Å². The zero-order chi connectivity index (χ0) is 13.3. The zero-order valence-electron chi connectivity index (χ0n) is 11.6. The molecule has 2 fully saturated rings. The standard InChI is InChI=1S/C14H24N2O2/c1-4-11-13(17)15-12(9(2)3)14(18)16(11)10-7-5-6-8-10/h9-12H,4-8H2,1-3H3,(H,15,17). The van der Waals surface area contributed by atoms with Gasteiger partial charge in [0.15, 0.2) is 0 Å². The highest BCUT2D eigenvalue weighted by molar-refractivity contribution is 5.97. The fourth-order valence-corrected chi connectivity index (χ4v) is 3.20. The van der Waals surface area contributed by atoms with Crippen LogP contribution in [0.5, 0.6) is 0 Å². The number of carbonyl (C=O) groups is 2. The van der Waals surface area contributed by atoms with Gasteiger partial charge in [0.1, 0.15) is 12.1 Å². The van der Waals surface area contributed by atoms with Crippen LogP contribution in [0.4, 0.5) is 0 Å². The minimum absolute atomic E-state index is 0.0303. The van der Waals surface area contributed by atoms with Gasteiger partial charge in [-0.3, -0.25) is 9.59 Å². The number of piperazine rings is 1. The van der Waals surface area contributed by atoms with Gasteiger partial charge < -0.3 is 10.2 Å². The number of hydrogen-bond acceptors (Lipinski definition) is 2. The predicted molar refractivity (Wildman–Crippen MR) is 69.9 cm³/mol. The summed E-state index contributed by atoms with van der Waals surface area (Å²) in [6, 6.07) is -0.300. The first-order valence-electron chi connectivity index (χ1n) is 7.18. The second kappa shape index (κ2) is 5.29. The second-order valence-corrected chi connectivity index (χ2v) is 5.84. The van der Waals surface area contributed by atoms with Gasteiger partial charge in [0, 0.05) is 6.04 Å². The first-order valence-corrected chi connectivity index (χ1v) is 7.18. The Balaban J connectivity index is 2.24. The van der Waals surface area contributed by atoms with Crippen LogP contribution in [0.25, 0.3) is 0 Å². The van der Waals surface area contributed by atoms with Crippen LogP contribution in [0.2, 0.25) is 0 Å². The average molecular weight is 252 g/mol. The van der Waals surface area contributed by atoms with Gasteiger partial charge in [-0.05, 0) is 25.2 Å². The third-order valence-electron chi connectivity index (χ3n) is 4.23. The molecule has 0 spiro atoms. The molecular weight excluding hydrogens is 228 g/mol. The molecule has 4 heteroatoms. The van der Waals surface area contributed by atoms with Crippen molar-refractivity contribution >= 4 is 11.8 Å². The molecule has 0 radical (unpaired) electrons. The second-order valence-electron chi connectivity index (χ2n) is 5.84. The molecule has 0 aromatic carbocycles. The Morgan fingerprint density at radius 3 is 2.39 bits per heavy atom. The summed E-state index contributed by atoms with van der Waals surface area (Å²) in [7, 11) is 0. The van der Waals surface area contributed by atoms with Crippen LogP contribution in [0.15, 0.2) is 0 Å². The van der Waals surface area contributed by atoms with Crippen molar-refractivity contribution in [3.05, 3.63) is 0 Å². The fraction of sp³-hybridized carbons (Fsp3) is 0.857. The van der Waals surface area contributed by atoms with E-state index in [0.29, 0.717) is 6.42 Å². The summed E-state index contributed by atoms with van der Waals surface area (Å²) in [5.74, 6) is 0.314. The highest BCUT2D eigenvalue weighted by atomic mass is 16.2. The van der Waals surface area contributed by atoms with Crippen LogP contribution in [0.3, 0.4) is 0 Å². The molecule has 102 valence electrons. The SMILES string of the molecule is CCC1C(=O)NC(C(C)C)C(=O)N1C1CCCC1. The van der Waals surface area contributed by atoms with E-state index in [0.717, 1.165) is 12.8 Å². The summed E-state index contributed by atoms with van der Waals surface area (Å²) in [5, 5.41) is 2.89. The molecule has 2 unspecified atom stereocenters. The number of amides is 2. The Morgan fingerprint density at radius 1 is 1.28 bits per heavy atom. The largest absolute Gasteiger partial charge is 0.342 e. The molecule has 0 aromatic rings. The lowest BCUT2D eigenvalue weighted by atomic mass is 9.95. The highest BCUT2D eigenvalue weighted by Crippen LogP contribution is 2.29. The van der Waals surface area contributed by atoms with Crippen LogP contribution in [-0.2, 0) is 9.59 Å². The minimum atomic E-state index is -0.332. The molecule has 2 atom stereocenters. The Hall–Kier alpha value is -1.06. The van der Waals surface area contributed by atoms with Crippen molar-refractivity contribution in [2.45, 2.75) is 71.0 Å². The summed E-state index contributed by atoms with van der Waals surface area (Å²) in [4.78, 5) is 26.6. The zero-order valence-corrected chi connectivity index (χ0v) is 11.6. The predicted octanol–water partition coefficient (Wildman–Crippen LogP) is 1.69. The molecule has 2 rings (SSSR count). The van der Waals surface area contributed by atoms with Gasteiger partial charge in [-0.2, -0.15) is 0 Å². The summed E-state index contributed by atoms with van der Waals surface area (Å²) in [5.41, 5.74) is 0. The summed E-state index contributed by atoms with van der Waals surface area (Å²) >= 11 is 0. The van der Waals surface area contributed by atoms with E-state index in [1.807, 2.05) is 25.7 Å². The summed E-state index contributed by atoms with van der Waals surface area (Å²) in [6.45, 7) is 5.96. The molecule has 1 aliphatic carbocycles. The van der Waals surface area contributed by atoms with Crippen molar-refractivity contribution in [3.63, 3.8) is 0 Å². The lowest BCUT2D eigenvalue weighted by Crippen LogP contribution is -2.66. The molecular formula is C14H24N2O2. The number of rotatable bonds is 3. The van der Waals surface area contributed by atoms with Crippen LogP contribution in [0.1, 0.15) is 52.9 Å². The van der Waals surface area contributed by atoms with Gasteiger partial charge in [0.05, 0.1) is 0 Å². The van der Waals surface area contributed by atoms with E-state index in [-0.39, 0.29) is 35.9 Å². The third kappa shape index (κ3) is 2.25. The van der Waals surface area contributed by atoms with Gasteiger partial charge >= 0.3 is 0 Å². The molecule has 2 amide bonds. The number of carbonyl (C=O) groups excluding carboxylic acids is 2. The van der Waals surface area contributed by atoms with Crippen molar-refractivity contribution in [1.29, 1.82) is 0 Å². The number of nitrogens with one attached hydrogen (secondary N) is 1. The Bertz CT molecular complexity index is 335. The molecule has 1 N–H and O–H groups in total. The van der Waals surface area contributed by atoms with Crippen LogP contribution < -0.4 is 5.32 Å². The van der Waals surface area contributed by atoms with Crippen molar-refractivity contribution in [1.82, 2.24) is 10.2 Å². The quantitative estimate of drug-likeness (QED) is 0.831. The molecule has 4 nitrogen and oxygen atoms in total.